The molecule has 0 aliphatic rings. The van der Waals surface area contributed by atoms with E-state index in [-0.39, 0.29) is 0 Å². The van der Waals surface area contributed by atoms with Gasteiger partial charge >= 0.3 is 22.9 Å². The highest BCUT2D eigenvalue weighted by molar-refractivity contribution is 14.1. The quantitative estimate of drug-likeness (QED) is 0.603. The Kier molecular flexibility index (Phi) is 2.73. The number of para-hydroxylation sites is 1. The number of aromatic nitrogens is 1. The number of nitrogens with zero attached hydrogens (tertiary/aromatic N) is 1. The number of halogens is 2. The van der Waals surface area contributed by atoms with Crippen molar-refractivity contribution in [1.29, 1.82) is 0 Å². The summed E-state index contributed by atoms with van der Waals surface area (Å²) in [6, 6.07) is 10.7. The van der Waals surface area contributed by atoms with Gasteiger partial charge < -0.3 is 0 Å². The monoisotopic (exact) mass is 396 g/mol. The highest BCUT2D eigenvalue weighted by Gasteiger charge is 2.12. The summed E-state index contributed by atoms with van der Waals surface area (Å²) in [5, 5.41) is 1.32. The highest BCUT2D eigenvalue weighted by Crippen LogP contribution is 2.19. The molecular formula is C10H8I2N+. The molecule has 1 heterocycles. The van der Waals surface area contributed by atoms with Gasteiger partial charge in [-0.1, -0.05) is 12.1 Å². The van der Waals surface area contributed by atoms with Gasteiger partial charge in [-0.3, -0.25) is 0 Å². The topological polar surface area (TPSA) is 3.88 Å². The van der Waals surface area contributed by atoms with Crippen molar-refractivity contribution in [2.24, 2.45) is 0 Å². The minimum atomic E-state index is 1.28. The minimum absolute atomic E-state index is 1.28. The molecule has 1 nitrogen and oxygen atoms in total. The highest BCUT2D eigenvalue weighted by atomic mass is 127. The molecule has 0 aliphatic carbocycles. The molecule has 0 atom stereocenters. The first-order valence-electron chi connectivity index (χ1n) is 3.96. The van der Waals surface area contributed by atoms with Gasteiger partial charge in [0.25, 0.3) is 0 Å². The molecule has 0 bridgehead atoms. The number of aryl methyl sites for hydroxylation is 1. The summed E-state index contributed by atoms with van der Waals surface area (Å²) in [6.45, 7) is 2.13. The van der Waals surface area contributed by atoms with Crippen LogP contribution in [-0.2, 0) is 0 Å². The van der Waals surface area contributed by atoms with E-state index in [2.05, 4.69) is 85.5 Å². The smallest absolute Gasteiger partial charge is 0.134 e. The number of hydrogen-bond acceptors (Lipinski definition) is 0. The third-order valence-corrected chi connectivity index (χ3v) is 4.19. The molecule has 1 aromatic carbocycles. The molecule has 0 N–H and O–H groups in total. The van der Waals surface area contributed by atoms with E-state index >= 15 is 0 Å². The van der Waals surface area contributed by atoms with E-state index in [4.69, 9.17) is 0 Å². The van der Waals surface area contributed by atoms with Crippen LogP contribution in [0.5, 0.6) is 0 Å². The van der Waals surface area contributed by atoms with E-state index in [0.717, 1.165) is 0 Å². The molecule has 66 valence electrons. The van der Waals surface area contributed by atoms with E-state index in [0.29, 0.717) is 0 Å². The Bertz CT molecular complexity index is 466. The predicted molar refractivity (Wildman–Crippen MR) is 71.0 cm³/mol. The molecule has 0 radical (unpaired) electrons. The SMILES string of the molecule is Cc1cc(I)c2ccccc2[n+]1I. The molecule has 2 aromatic rings. The maximum absolute atomic E-state index is 2.38. The molecule has 0 unspecified atom stereocenters. The van der Waals surface area contributed by atoms with Gasteiger partial charge in [-0.2, -0.15) is 0 Å². The third kappa shape index (κ3) is 1.68. The van der Waals surface area contributed by atoms with Crippen LogP contribution in [0.25, 0.3) is 10.9 Å². The average molecular weight is 396 g/mol. The van der Waals surface area contributed by atoms with Crippen LogP contribution in [0.15, 0.2) is 30.3 Å². The van der Waals surface area contributed by atoms with Crippen LogP contribution in [0, 0.1) is 10.5 Å². The van der Waals surface area contributed by atoms with Crippen LogP contribution >= 0.6 is 45.5 Å². The third-order valence-electron chi connectivity index (χ3n) is 2.02. The normalized spacial score (nSPS) is 10.7. The van der Waals surface area contributed by atoms with Crippen LogP contribution in [-0.4, -0.2) is 0 Å². The molecule has 1 aromatic heterocycles. The second-order valence-electron chi connectivity index (χ2n) is 2.93. The predicted octanol–water partition coefficient (Wildman–Crippen LogP) is 3.24. The van der Waals surface area contributed by atoms with Crippen molar-refractivity contribution in [2.45, 2.75) is 6.92 Å². The van der Waals surface area contributed by atoms with E-state index in [1.807, 2.05) is 0 Å². The summed E-state index contributed by atoms with van der Waals surface area (Å²) in [5.74, 6) is 0. The molecular weight excluding hydrogens is 388 g/mol. The Balaban J connectivity index is 2.97. The van der Waals surface area contributed by atoms with Crippen molar-refractivity contribution in [3.63, 3.8) is 0 Å². The van der Waals surface area contributed by atoms with E-state index in [1.165, 1.54) is 20.2 Å². The zero-order valence-electron chi connectivity index (χ0n) is 7.09. The van der Waals surface area contributed by atoms with Crippen LogP contribution < -0.4 is 2.78 Å². The van der Waals surface area contributed by atoms with E-state index in [1.54, 1.807) is 0 Å². The molecule has 2 rings (SSSR count). The second kappa shape index (κ2) is 3.68. The van der Waals surface area contributed by atoms with Gasteiger partial charge in [0.05, 0.1) is 5.39 Å². The zero-order chi connectivity index (χ0) is 9.42. The van der Waals surface area contributed by atoms with Gasteiger partial charge in [0.15, 0.2) is 5.69 Å². The molecule has 0 saturated heterocycles. The molecule has 0 amide bonds. The molecule has 0 saturated carbocycles. The summed E-state index contributed by atoms with van der Waals surface area (Å²) in [4.78, 5) is 0. The minimum Gasteiger partial charge on any atom is -0.134 e. The summed E-state index contributed by atoms with van der Waals surface area (Å²) < 4.78 is 3.51. The lowest BCUT2D eigenvalue weighted by Gasteiger charge is -1.99. The van der Waals surface area contributed by atoms with Crippen LogP contribution in [0.2, 0.25) is 0 Å². The van der Waals surface area contributed by atoms with Gasteiger partial charge in [0.2, 0.25) is 5.52 Å². The van der Waals surface area contributed by atoms with Gasteiger partial charge in [0, 0.05) is 22.6 Å². The van der Waals surface area contributed by atoms with Crippen molar-refractivity contribution in [1.82, 2.24) is 0 Å². The molecule has 13 heavy (non-hydrogen) atoms. The first-order chi connectivity index (χ1) is 6.20. The number of hydrogen-bond donors (Lipinski definition) is 0. The van der Waals surface area contributed by atoms with Crippen molar-refractivity contribution < 1.29 is 2.78 Å². The van der Waals surface area contributed by atoms with Crippen molar-refractivity contribution in [3.05, 3.63) is 39.6 Å². The number of rotatable bonds is 0. The summed E-state index contributed by atoms with van der Waals surface area (Å²) in [6.07, 6.45) is 0. The molecule has 0 spiro atoms. The zero-order valence-corrected chi connectivity index (χ0v) is 11.4. The Morgan fingerprint density at radius 1 is 1.23 bits per heavy atom. The fraction of sp³-hybridized carbons (Fsp3) is 0.100. The fourth-order valence-electron chi connectivity index (χ4n) is 1.35. The van der Waals surface area contributed by atoms with Crippen molar-refractivity contribution in [3.8, 4) is 0 Å². The first-order valence-corrected chi connectivity index (χ1v) is 6.00. The average Bonchev–Trinajstić information content (AvgIpc) is 2.15. The molecule has 0 fully saturated rings. The van der Waals surface area contributed by atoms with E-state index < -0.39 is 0 Å². The Morgan fingerprint density at radius 2 is 1.92 bits per heavy atom. The molecule has 0 aliphatic heterocycles. The maximum atomic E-state index is 2.38. The van der Waals surface area contributed by atoms with Gasteiger partial charge in [-0.05, 0) is 28.7 Å². The fourth-order valence-corrected chi connectivity index (χ4v) is 2.82. The maximum Gasteiger partial charge on any atom is 0.354 e. The van der Waals surface area contributed by atoms with Crippen LogP contribution in [0.4, 0.5) is 0 Å². The van der Waals surface area contributed by atoms with Crippen LogP contribution in [0.1, 0.15) is 5.69 Å². The lowest BCUT2D eigenvalue weighted by Crippen LogP contribution is -2.24. The Morgan fingerprint density at radius 3 is 2.69 bits per heavy atom. The summed E-state index contributed by atoms with van der Waals surface area (Å²) in [5.41, 5.74) is 2.57. The largest absolute Gasteiger partial charge is 0.354 e. The second-order valence-corrected chi connectivity index (χ2v) is 5.06. The van der Waals surface area contributed by atoms with Gasteiger partial charge in [0.1, 0.15) is 0 Å². The number of fused-ring (bicyclic) bond motifs is 1. The Labute approximate surface area is 105 Å². The van der Waals surface area contributed by atoms with E-state index in [9.17, 15) is 0 Å². The lowest BCUT2D eigenvalue weighted by molar-refractivity contribution is -0.417. The Hall–Kier alpha value is 0.0900. The number of benzene rings is 1. The summed E-state index contributed by atoms with van der Waals surface area (Å²) >= 11 is 4.72. The number of pyridine rings is 1. The summed E-state index contributed by atoms with van der Waals surface area (Å²) in [7, 11) is 0. The van der Waals surface area contributed by atoms with Gasteiger partial charge in [-0.15, -0.1) is 2.78 Å². The van der Waals surface area contributed by atoms with Crippen LogP contribution in [0.3, 0.4) is 0 Å². The lowest BCUT2D eigenvalue weighted by atomic mass is 10.2. The first kappa shape index (κ1) is 9.64. The van der Waals surface area contributed by atoms with Crippen molar-refractivity contribution >= 4 is 56.4 Å². The standard InChI is InChI=1S/C10H8I2N/c1-7-6-9(11)8-4-2-3-5-10(8)13(7)12/h2-6H,1H3/q+1. The van der Waals surface area contributed by atoms with Crippen molar-refractivity contribution in [2.75, 3.05) is 0 Å². The molecule has 3 heteroatoms. The van der Waals surface area contributed by atoms with Gasteiger partial charge in [-0.25, -0.2) is 0 Å².